The van der Waals surface area contributed by atoms with Crippen molar-refractivity contribution in [2.75, 3.05) is 13.1 Å². The quantitative estimate of drug-likeness (QED) is 0.521. The van der Waals surface area contributed by atoms with Crippen LogP contribution in [0.5, 0.6) is 0 Å². The summed E-state index contributed by atoms with van der Waals surface area (Å²) in [6.45, 7) is 7.13. The molecule has 1 nitrogen and oxygen atoms in total. The fourth-order valence-corrected chi connectivity index (χ4v) is 1.58. The molecule has 1 rings (SSSR count). The Labute approximate surface area is 57.8 Å². The van der Waals surface area contributed by atoms with E-state index in [2.05, 4.69) is 19.2 Å². The van der Waals surface area contributed by atoms with Gasteiger partial charge in [0.2, 0.25) is 0 Å². The van der Waals surface area contributed by atoms with Crippen molar-refractivity contribution in [3.8, 4) is 0 Å². The van der Waals surface area contributed by atoms with E-state index < -0.39 is 0 Å². The lowest BCUT2D eigenvalue weighted by Gasteiger charge is -2.09. The Kier molecular flexibility index (Phi) is 2.52. The molecule has 1 N–H and O–H groups in total. The van der Waals surface area contributed by atoms with Crippen molar-refractivity contribution in [3.63, 3.8) is 0 Å². The molecule has 0 amide bonds. The third kappa shape index (κ3) is 2.35. The van der Waals surface area contributed by atoms with Gasteiger partial charge in [0.1, 0.15) is 0 Å². The van der Waals surface area contributed by atoms with Gasteiger partial charge in [0.15, 0.2) is 0 Å². The summed E-state index contributed by atoms with van der Waals surface area (Å²) >= 11 is 0. The van der Waals surface area contributed by atoms with Gasteiger partial charge in [-0.15, -0.1) is 0 Å². The molecule has 0 aromatic heterocycles. The van der Waals surface area contributed by atoms with E-state index in [0.29, 0.717) is 0 Å². The van der Waals surface area contributed by atoms with Crippen LogP contribution in [-0.2, 0) is 0 Å². The van der Waals surface area contributed by atoms with Gasteiger partial charge in [0, 0.05) is 0 Å². The first-order chi connectivity index (χ1) is 4.29. The first-order valence-corrected chi connectivity index (χ1v) is 3.99. The summed E-state index contributed by atoms with van der Waals surface area (Å²) in [5.41, 5.74) is 0. The highest BCUT2D eigenvalue weighted by Gasteiger charge is 2.11. The third-order valence-electron chi connectivity index (χ3n) is 2.11. The van der Waals surface area contributed by atoms with Crippen molar-refractivity contribution in [1.29, 1.82) is 0 Å². The third-order valence-corrected chi connectivity index (χ3v) is 2.11. The minimum Gasteiger partial charge on any atom is -0.316 e. The summed E-state index contributed by atoms with van der Waals surface area (Å²) in [6, 6.07) is 0. The molecule has 0 aliphatic carbocycles. The Morgan fingerprint density at radius 2 is 2.00 bits per heavy atom. The number of rotatable bonds is 0. The van der Waals surface area contributed by atoms with Gasteiger partial charge in [0.25, 0.3) is 0 Å². The molecule has 1 aliphatic rings. The topological polar surface area (TPSA) is 12.0 Å². The van der Waals surface area contributed by atoms with E-state index in [4.69, 9.17) is 0 Å². The summed E-state index contributed by atoms with van der Waals surface area (Å²) in [6.07, 6.45) is 2.78. The molecule has 1 aliphatic heterocycles. The van der Waals surface area contributed by atoms with Crippen LogP contribution in [0.3, 0.4) is 0 Å². The van der Waals surface area contributed by atoms with E-state index in [9.17, 15) is 0 Å². The van der Waals surface area contributed by atoms with Crippen LogP contribution in [0.2, 0.25) is 0 Å². The predicted octanol–water partition coefficient (Wildman–Crippen LogP) is 1.64. The lowest BCUT2D eigenvalue weighted by molar-refractivity contribution is 0.440. The van der Waals surface area contributed by atoms with Crippen LogP contribution < -0.4 is 5.32 Å². The number of nitrogens with one attached hydrogen (secondary N) is 1. The second-order valence-electron chi connectivity index (χ2n) is 3.44. The highest BCUT2D eigenvalue weighted by atomic mass is 14.9. The fraction of sp³-hybridized carbons (Fsp3) is 1.00. The second-order valence-corrected chi connectivity index (χ2v) is 3.44. The Balaban J connectivity index is 2.29. The van der Waals surface area contributed by atoms with E-state index in [-0.39, 0.29) is 0 Å². The highest BCUT2D eigenvalue weighted by Crippen LogP contribution is 2.16. The van der Waals surface area contributed by atoms with Gasteiger partial charge in [-0.2, -0.15) is 0 Å². The largest absolute Gasteiger partial charge is 0.316 e. The molecular formula is C8H17N. The molecule has 1 saturated heterocycles. The lowest BCUT2D eigenvalue weighted by atomic mass is 9.97. The van der Waals surface area contributed by atoms with Crippen LogP contribution in [0.1, 0.15) is 26.7 Å². The van der Waals surface area contributed by atoms with Gasteiger partial charge in [-0.05, 0) is 37.8 Å². The molecular weight excluding hydrogens is 110 g/mol. The molecule has 9 heavy (non-hydrogen) atoms. The van der Waals surface area contributed by atoms with Crippen LogP contribution >= 0.6 is 0 Å². The van der Waals surface area contributed by atoms with Crippen LogP contribution in [-0.4, -0.2) is 13.1 Å². The molecule has 0 radical (unpaired) electrons. The zero-order valence-electron chi connectivity index (χ0n) is 6.48. The molecule has 1 fully saturated rings. The average molecular weight is 127 g/mol. The second kappa shape index (κ2) is 3.21. The van der Waals surface area contributed by atoms with Gasteiger partial charge in [-0.25, -0.2) is 0 Å². The molecule has 54 valence electrons. The molecule has 0 saturated carbocycles. The first-order valence-electron chi connectivity index (χ1n) is 3.99. The Hall–Kier alpha value is -0.0400. The Bertz CT molecular complexity index is 70.6. The van der Waals surface area contributed by atoms with Gasteiger partial charge in [0.05, 0.1) is 0 Å². The maximum absolute atomic E-state index is 3.43. The van der Waals surface area contributed by atoms with E-state index >= 15 is 0 Å². The Morgan fingerprint density at radius 3 is 2.78 bits per heavy atom. The minimum absolute atomic E-state index is 0.891. The van der Waals surface area contributed by atoms with Gasteiger partial charge in [-0.1, -0.05) is 13.8 Å². The van der Waals surface area contributed by atoms with Crippen molar-refractivity contribution in [1.82, 2.24) is 5.32 Å². The maximum Gasteiger partial charge on any atom is -0.00231 e. The molecule has 0 spiro atoms. The van der Waals surface area contributed by atoms with Crippen molar-refractivity contribution >= 4 is 0 Å². The van der Waals surface area contributed by atoms with Crippen LogP contribution in [0, 0.1) is 11.8 Å². The standard InChI is InChI=1S/C8H17N/c1-7-3-4-9-6-8(2)5-7/h7-9H,3-6H2,1-2H3/t7-,8-/m1/s1. The van der Waals surface area contributed by atoms with E-state index in [1.807, 2.05) is 0 Å². The van der Waals surface area contributed by atoms with Gasteiger partial charge in [-0.3, -0.25) is 0 Å². The summed E-state index contributed by atoms with van der Waals surface area (Å²) in [5.74, 6) is 1.83. The van der Waals surface area contributed by atoms with E-state index in [0.717, 1.165) is 11.8 Å². The van der Waals surface area contributed by atoms with Gasteiger partial charge < -0.3 is 5.32 Å². The summed E-state index contributed by atoms with van der Waals surface area (Å²) in [4.78, 5) is 0. The zero-order chi connectivity index (χ0) is 6.69. The molecule has 2 atom stereocenters. The summed E-state index contributed by atoms with van der Waals surface area (Å²) in [5, 5.41) is 3.43. The molecule has 1 heterocycles. The Morgan fingerprint density at radius 1 is 1.22 bits per heavy atom. The summed E-state index contributed by atoms with van der Waals surface area (Å²) < 4.78 is 0. The van der Waals surface area contributed by atoms with Crippen molar-refractivity contribution in [2.45, 2.75) is 26.7 Å². The van der Waals surface area contributed by atoms with Crippen LogP contribution in [0.25, 0.3) is 0 Å². The maximum atomic E-state index is 3.43. The predicted molar refractivity (Wildman–Crippen MR) is 40.4 cm³/mol. The monoisotopic (exact) mass is 127 g/mol. The SMILES string of the molecule is C[C@@H]1CCNC[C@H](C)C1. The van der Waals surface area contributed by atoms with E-state index in [1.165, 1.54) is 25.9 Å². The molecule has 1 heteroatoms. The van der Waals surface area contributed by atoms with Crippen molar-refractivity contribution in [2.24, 2.45) is 11.8 Å². The molecule has 0 bridgehead atoms. The number of hydrogen-bond donors (Lipinski definition) is 1. The molecule has 0 aromatic rings. The van der Waals surface area contributed by atoms with Crippen LogP contribution in [0.4, 0.5) is 0 Å². The smallest absolute Gasteiger partial charge is 0.00231 e. The van der Waals surface area contributed by atoms with Crippen molar-refractivity contribution < 1.29 is 0 Å². The van der Waals surface area contributed by atoms with Gasteiger partial charge >= 0.3 is 0 Å². The average Bonchev–Trinajstić information content (AvgIpc) is 1.93. The minimum atomic E-state index is 0.891. The lowest BCUT2D eigenvalue weighted by Crippen LogP contribution is -2.18. The van der Waals surface area contributed by atoms with Crippen molar-refractivity contribution in [3.05, 3.63) is 0 Å². The first kappa shape index (κ1) is 7.07. The highest BCUT2D eigenvalue weighted by molar-refractivity contribution is 4.67. The zero-order valence-corrected chi connectivity index (χ0v) is 6.48. The molecule has 0 aromatic carbocycles. The van der Waals surface area contributed by atoms with E-state index in [1.54, 1.807) is 0 Å². The van der Waals surface area contributed by atoms with Crippen LogP contribution in [0.15, 0.2) is 0 Å². The fourth-order valence-electron chi connectivity index (χ4n) is 1.58. The number of hydrogen-bond acceptors (Lipinski definition) is 1. The normalized spacial score (nSPS) is 38.0. The summed E-state index contributed by atoms with van der Waals surface area (Å²) in [7, 11) is 0. The molecule has 0 unspecified atom stereocenters.